The molecule has 2 saturated carbocycles. The minimum Gasteiger partial charge on any atom is -0.352 e. The zero-order chi connectivity index (χ0) is 28.9. The fourth-order valence-corrected chi connectivity index (χ4v) is 6.17. The number of carbonyl (C=O) groups is 5. The summed E-state index contributed by atoms with van der Waals surface area (Å²) >= 11 is 0. The third-order valence-corrected chi connectivity index (χ3v) is 8.27. The molecular formula is C32H43N3O5. The number of carbonyl (C=O) groups excluding carboxylic acids is 5. The first-order valence-corrected chi connectivity index (χ1v) is 14.8. The van der Waals surface area contributed by atoms with E-state index in [0.717, 1.165) is 43.0 Å². The molecule has 3 N–H and O–H groups in total. The fourth-order valence-electron chi connectivity index (χ4n) is 6.17. The minimum absolute atomic E-state index is 0.00656. The second-order valence-electron chi connectivity index (χ2n) is 12.8. The first kappa shape index (κ1) is 29.7. The van der Waals surface area contributed by atoms with Crippen molar-refractivity contribution in [1.29, 1.82) is 0 Å². The van der Waals surface area contributed by atoms with Gasteiger partial charge in [-0.15, -0.1) is 0 Å². The molecule has 0 saturated heterocycles. The Kier molecular flexibility index (Phi) is 9.59. The average molecular weight is 550 g/mol. The maximum atomic E-state index is 13.8. The average Bonchev–Trinajstić information content (AvgIpc) is 3.53. The molecular weight excluding hydrogens is 506 g/mol. The van der Waals surface area contributed by atoms with E-state index in [2.05, 4.69) is 15.6 Å². The summed E-state index contributed by atoms with van der Waals surface area (Å²) in [4.78, 5) is 68.9. The zero-order valence-electron chi connectivity index (χ0n) is 24.0. The number of H-pyrrole nitrogens is 1. The van der Waals surface area contributed by atoms with E-state index in [1.165, 1.54) is 6.42 Å². The second-order valence-corrected chi connectivity index (χ2v) is 12.8. The molecule has 0 unspecified atom stereocenters. The van der Waals surface area contributed by atoms with Crippen molar-refractivity contribution in [2.45, 2.75) is 103 Å². The maximum absolute atomic E-state index is 13.8. The molecule has 0 bridgehead atoms. The number of aromatic nitrogens is 1. The highest BCUT2D eigenvalue weighted by Gasteiger charge is 2.37. The van der Waals surface area contributed by atoms with Crippen LogP contribution in [0.1, 0.15) is 102 Å². The maximum Gasteiger partial charge on any atom is 0.290 e. The highest BCUT2D eigenvalue weighted by molar-refractivity contribution is 6.38. The van der Waals surface area contributed by atoms with Crippen molar-refractivity contribution in [2.24, 2.45) is 17.8 Å². The number of hydrogen-bond donors (Lipinski definition) is 3. The largest absolute Gasteiger partial charge is 0.352 e. The summed E-state index contributed by atoms with van der Waals surface area (Å²) in [5.74, 6) is -2.69. The standard InChI is InChI=1S/C32H43N3O5/c1-32(2,3)35-31(40)29(38)26(18-22-13-9-15-27(22)36)34-30(39)23(16-20-10-5-4-6-11-20)19-28(37)25-17-21-12-7-8-14-24(21)33-25/h7-8,12,14,17,20,22-23,26,33H,4-6,9-11,13,15-16,18-19H2,1-3H3,(H,34,39)(H,35,40)/t22-,23+,26-/m0/s1. The number of hydrogen-bond acceptors (Lipinski definition) is 5. The Labute approximate surface area is 236 Å². The number of ketones is 3. The Bertz CT molecular complexity index is 1220. The summed E-state index contributed by atoms with van der Waals surface area (Å²) in [5, 5.41) is 6.45. The molecule has 8 heteroatoms. The van der Waals surface area contributed by atoms with Gasteiger partial charge in [-0.1, -0.05) is 50.3 Å². The monoisotopic (exact) mass is 549 g/mol. The summed E-state index contributed by atoms with van der Waals surface area (Å²) in [7, 11) is 0. The lowest BCUT2D eigenvalue weighted by Crippen LogP contribution is -2.53. The first-order chi connectivity index (χ1) is 19.0. The first-order valence-electron chi connectivity index (χ1n) is 14.8. The van der Waals surface area contributed by atoms with E-state index in [1.807, 2.05) is 30.3 Å². The number of Topliss-reactive ketones (excluding diaryl/α,β-unsaturated/α-hetero) is 3. The van der Waals surface area contributed by atoms with E-state index in [9.17, 15) is 24.0 Å². The molecule has 0 aliphatic heterocycles. The van der Waals surface area contributed by atoms with Crippen molar-refractivity contribution in [1.82, 2.24) is 15.6 Å². The molecule has 1 aromatic carbocycles. The molecule has 2 aliphatic rings. The van der Waals surface area contributed by atoms with Crippen LogP contribution in [0, 0.1) is 17.8 Å². The van der Waals surface area contributed by atoms with Gasteiger partial charge in [-0.3, -0.25) is 24.0 Å². The van der Waals surface area contributed by atoms with Crippen molar-refractivity contribution in [3.63, 3.8) is 0 Å². The highest BCUT2D eigenvalue weighted by atomic mass is 16.2. The molecule has 40 heavy (non-hydrogen) atoms. The number of para-hydroxylation sites is 1. The molecule has 3 atom stereocenters. The van der Waals surface area contributed by atoms with Gasteiger partial charge in [0.2, 0.25) is 11.7 Å². The van der Waals surface area contributed by atoms with Crippen LogP contribution in [-0.4, -0.2) is 45.7 Å². The van der Waals surface area contributed by atoms with E-state index in [-0.39, 0.29) is 30.3 Å². The number of aromatic amines is 1. The van der Waals surface area contributed by atoms with Gasteiger partial charge in [0.15, 0.2) is 5.78 Å². The van der Waals surface area contributed by atoms with Gasteiger partial charge in [0, 0.05) is 41.1 Å². The van der Waals surface area contributed by atoms with E-state index >= 15 is 0 Å². The molecule has 2 amide bonds. The Morgan fingerprint density at radius 1 is 0.975 bits per heavy atom. The second kappa shape index (κ2) is 12.9. The lowest BCUT2D eigenvalue weighted by molar-refractivity contribution is -0.141. The van der Waals surface area contributed by atoms with Crippen LogP contribution in [0.5, 0.6) is 0 Å². The molecule has 1 aromatic heterocycles. The van der Waals surface area contributed by atoms with Gasteiger partial charge >= 0.3 is 0 Å². The van der Waals surface area contributed by atoms with E-state index < -0.39 is 35.1 Å². The topological polar surface area (TPSA) is 125 Å². The number of benzene rings is 1. The molecule has 216 valence electrons. The van der Waals surface area contributed by atoms with Crippen molar-refractivity contribution < 1.29 is 24.0 Å². The summed E-state index contributed by atoms with van der Waals surface area (Å²) in [6.45, 7) is 5.34. The molecule has 2 aromatic rings. The van der Waals surface area contributed by atoms with Crippen LogP contribution in [0.4, 0.5) is 0 Å². The number of rotatable bonds is 11. The summed E-state index contributed by atoms with van der Waals surface area (Å²) in [6.07, 6.45) is 7.91. The summed E-state index contributed by atoms with van der Waals surface area (Å²) in [6, 6.07) is 8.33. The van der Waals surface area contributed by atoms with Crippen LogP contribution in [0.2, 0.25) is 0 Å². The lowest BCUT2D eigenvalue weighted by Gasteiger charge is -2.28. The van der Waals surface area contributed by atoms with Crippen molar-refractivity contribution in [2.75, 3.05) is 0 Å². The Morgan fingerprint density at radius 2 is 1.70 bits per heavy atom. The van der Waals surface area contributed by atoms with Crippen LogP contribution >= 0.6 is 0 Å². The number of fused-ring (bicyclic) bond motifs is 1. The Balaban J connectivity index is 1.54. The van der Waals surface area contributed by atoms with Gasteiger partial charge in [-0.25, -0.2) is 0 Å². The van der Waals surface area contributed by atoms with Crippen LogP contribution in [0.3, 0.4) is 0 Å². The van der Waals surface area contributed by atoms with Gasteiger partial charge in [-0.2, -0.15) is 0 Å². The molecule has 8 nitrogen and oxygen atoms in total. The lowest BCUT2D eigenvalue weighted by atomic mass is 9.80. The van der Waals surface area contributed by atoms with Gasteiger partial charge in [-0.05, 0) is 64.5 Å². The fraction of sp³-hybridized carbons (Fsp3) is 0.594. The molecule has 2 fully saturated rings. The smallest absolute Gasteiger partial charge is 0.290 e. The van der Waals surface area contributed by atoms with Crippen LogP contribution in [-0.2, 0) is 19.2 Å². The number of amides is 2. The van der Waals surface area contributed by atoms with Crippen LogP contribution < -0.4 is 10.6 Å². The minimum atomic E-state index is -1.11. The Hall–Kier alpha value is -3.29. The van der Waals surface area contributed by atoms with Gasteiger partial charge in [0.25, 0.3) is 5.91 Å². The normalized spacial score (nSPS) is 19.8. The van der Waals surface area contributed by atoms with Crippen LogP contribution in [0.15, 0.2) is 30.3 Å². The molecule has 1 heterocycles. The van der Waals surface area contributed by atoms with Crippen molar-refractivity contribution >= 4 is 40.1 Å². The predicted octanol–water partition coefficient (Wildman–Crippen LogP) is 5.06. The summed E-state index contributed by atoms with van der Waals surface area (Å²) in [5.41, 5.74) is 0.687. The molecule has 0 spiro atoms. The molecule has 4 rings (SSSR count). The highest BCUT2D eigenvalue weighted by Crippen LogP contribution is 2.32. The quantitative estimate of drug-likeness (QED) is 0.267. The zero-order valence-corrected chi connectivity index (χ0v) is 24.0. The van der Waals surface area contributed by atoms with Crippen LogP contribution in [0.25, 0.3) is 10.9 Å². The van der Waals surface area contributed by atoms with Gasteiger partial charge < -0.3 is 15.6 Å². The summed E-state index contributed by atoms with van der Waals surface area (Å²) < 4.78 is 0. The molecule has 2 aliphatic carbocycles. The predicted molar refractivity (Wildman–Crippen MR) is 154 cm³/mol. The van der Waals surface area contributed by atoms with Gasteiger partial charge in [0.05, 0.1) is 11.7 Å². The third kappa shape index (κ3) is 7.89. The SMILES string of the molecule is CC(C)(C)NC(=O)C(=O)[C@H](C[C@@H]1CCCC1=O)NC(=O)[C@@H](CC(=O)c1cc2ccccc2[nH]1)CC1CCCCC1. The van der Waals surface area contributed by atoms with Gasteiger partial charge in [0.1, 0.15) is 5.78 Å². The van der Waals surface area contributed by atoms with E-state index in [1.54, 1.807) is 20.8 Å². The number of nitrogens with one attached hydrogen (secondary N) is 3. The van der Waals surface area contributed by atoms with Crippen molar-refractivity contribution in [3.05, 3.63) is 36.0 Å². The van der Waals surface area contributed by atoms with E-state index in [0.29, 0.717) is 30.9 Å². The Morgan fingerprint density at radius 3 is 2.35 bits per heavy atom. The van der Waals surface area contributed by atoms with E-state index in [4.69, 9.17) is 0 Å². The van der Waals surface area contributed by atoms with Crippen molar-refractivity contribution in [3.8, 4) is 0 Å². The molecule has 0 radical (unpaired) electrons. The third-order valence-electron chi connectivity index (χ3n) is 8.27.